The first-order valence-corrected chi connectivity index (χ1v) is 16.1. The van der Waals surface area contributed by atoms with Gasteiger partial charge in [-0.1, -0.05) is 77.6 Å². The van der Waals surface area contributed by atoms with E-state index in [0.29, 0.717) is 6.42 Å². The molecular weight excluding hydrogens is 625 g/mol. The van der Waals surface area contributed by atoms with Gasteiger partial charge in [0.05, 0.1) is 21.0 Å². The predicted octanol–water partition coefficient (Wildman–Crippen LogP) is -0.598. The van der Waals surface area contributed by atoms with Crippen LogP contribution in [0.3, 0.4) is 0 Å². The zero-order valence-electron chi connectivity index (χ0n) is 26.5. The molecule has 0 rings (SSSR count). The van der Waals surface area contributed by atoms with Crippen molar-refractivity contribution in [1.82, 2.24) is 0 Å². The number of hydrogen-bond acceptors (Lipinski definition) is 10. The number of ether oxygens (including phenoxy) is 2. The van der Waals surface area contributed by atoms with Crippen LogP contribution in [0.2, 0.25) is 0 Å². The Morgan fingerprint density at radius 3 is 1.77 bits per heavy atom. The number of esters is 1. The number of phosphoric acid groups is 1. The summed E-state index contributed by atoms with van der Waals surface area (Å²) in [6, 6.07) is 0. The van der Waals surface area contributed by atoms with E-state index in [9.17, 15) is 23.9 Å². The van der Waals surface area contributed by atoms with Gasteiger partial charge in [0, 0.05) is 35.1 Å². The normalized spacial score (nSPS) is 9.82. The molecule has 0 amide bonds. The minimum absolute atomic E-state index is 0. The quantitative estimate of drug-likeness (QED) is 0.0442. The number of carbonyl (C=O) groups is 2. The van der Waals surface area contributed by atoms with Crippen LogP contribution in [0.4, 0.5) is 0 Å². The van der Waals surface area contributed by atoms with E-state index in [0.717, 1.165) is 31.0 Å². The van der Waals surface area contributed by atoms with Gasteiger partial charge in [-0.05, 0) is 59.0 Å². The van der Waals surface area contributed by atoms with Gasteiger partial charge in [0.25, 0.3) is 0 Å². The molecule has 0 heterocycles. The molecule has 0 aromatic carbocycles. The summed E-state index contributed by atoms with van der Waals surface area (Å²) in [6.45, 7) is 2.18. The molecule has 44 heavy (non-hydrogen) atoms. The third kappa shape index (κ3) is 45.7. The van der Waals surface area contributed by atoms with Crippen LogP contribution in [0.1, 0.15) is 107 Å². The van der Waals surface area contributed by atoms with Gasteiger partial charge in [-0.3, -0.25) is 9.59 Å². The Morgan fingerprint density at radius 1 is 0.841 bits per heavy atom. The van der Waals surface area contributed by atoms with Crippen LogP contribution in [0, 0.1) is 59.0 Å². The Bertz CT molecular complexity index is 1120. The summed E-state index contributed by atoms with van der Waals surface area (Å²) < 4.78 is 24.4. The van der Waals surface area contributed by atoms with Crippen molar-refractivity contribution in [2.45, 2.75) is 103 Å². The minimum atomic E-state index is -5.15. The maximum absolute atomic E-state index is 11.8. The van der Waals surface area contributed by atoms with Gasteiger partial charge in [0.1, 0.15) is 12.9 Å². The van der Waals surface area contributed by atoms with Gasteiger partial charge in [-0.25, -0.2) is 0 Å². The monoisotopic (exact) mass is 680 g/mol. The Labute approximate surface area is 323 Å². The number of hydrogen-bond donors (Lipinski definition) is 1. The van der Waals surface area contributed by atoms with E-state index >= 15 is 0 Å². The number of thioether (sulfide) groups is 1. The molecule has 0 unspecified atom stereocenters. The topological polar surface area (TPSA) is 145 Å². The minimum Gasteiger partial charge on any atom is -0.790 e. The van der Waals surface area contributed by atoms with Gasteiger partial charge in [0.15, 0.2) is 5.12 Å². The Balaban J connectivity index is -0.0000000678. The zero-order valence-corrected chi connectivity index (χ0v) is 32.2. The summed E-state index contributed by atoms with van der Waals surface area (Å²) in [5.41, 5.74) is 0. The van der Waals surface area contributed by atoms with E-state index in [1.807, 2.05) is 0 Å². The van der Waals surface area contributed by atoms with E-state index in [1.54, 1.807) is 0 Å². The number of aliphatic hydroxyl groups excluding tert-OH is 1. The van der Waals surface area contributed by atoms with Crippen molar-refractivity contribution >= 4 is 30.7 Å². The Kier molecular flexibility index (Phi) is 43.9. The first-order chi connectivity index (χ1) is 20.2. The average Bonchev–Trinajstić information content (AvgIpc) is 2.94. The van der Waals surface area contributed by atoms with Crippen molar-refractivity contribution in [3.8, 4) is 59.0 Å². The summed E-state index contributed by atoms with van der Waals surface area (Å²) in [5.74, 6) is 18.5. The van der Waals surface area contributed by atoms with E-state index < -0.39 is 33.3 Å². The van der Waals surface area contributed by atoms with E-state index in [-0.39, 0.29) is 87.2 Å². The third-order valence-corrected chi connectivity index (χ3v) is 6.00. The fourth-order valence-corrected chi connectivity index (χ4v) is 3.74. The molecular formula is C31H55Na2O9PS. The smallest absolute Gasteiger partial charge is 0.790 e. The second-order valence-corrected chi connectivity index (χ2v) is 10.8. The molecule has 0 aromatic rings. The van der Waals surface area contributed by atoms with Crippen molar-refractivity contribution < 1.29 is 112 Å². The summed E-state index contributed by atoms with van der Waals surface area (Å²) in [7, 11) is -5.15. The van der Waals surface area contributed by atoms with Crippen LogP contribution < -0.4 is 68.9 Å². The number of rotatable bonds is 20. The molecule has 0 saturated heterocycles. The molecule has 0 bridgehead atoms. The molecule has 246 valence electrons. The van der Waals surface area contributed by atoms with E-state index in [1.165, 1.54) is 58.3 Å². The largest absolute Gasteiger partial charge is 1.00 e. The predicted molar refractivity (Wildman–Crippen MR) is 175 cm³/mol. The van der Waals surface area contributed by atoms with Crippen LogP contribution in [0.25, 0.3) is 0 Å². The Hall–Kier alpha value is -0.680. The molecule has 0 spiro atoms. The van der Waals surface area contributed by atoms with E-state index in [4.69, 9.17) is 16.3 Å². The Morgan fingerprint density at radius 2 is 1.32 bits per heavy atom. The zero-order chi connectivity index (χ0) is 31.7. The molecule has 0 aliphatic heterocycles. The van der Waals surface area contributed by atoms with Crippen LogP contribution in [-0.4, -0.2) is 42.3 Å². The van der Waals surface area contributed by atoms with Gasteiger partial charge in [0.2, 0.25) is 0 Å². The van der Waals surface area contributed by atoms with Crippen molar-refractivity contribution in [3.05, 3.63) is 0 Å². The molecule has 0 radical (unpaired) electrons. The second-order valence-electron chi connectivity index (χ2n) is 8.71. The fourth-order valence-electron chi connectivity index (χ4n) is 3.15. The molecule has 0 saturated carbocycles. The maximum atomic E-state index is 11.8. The summed E-state index contributed by atoms with van der Waals surface area (Å²) in [6.07, 6.45) is 18.3. The average molecular weight is 681 g/mol. The van der Waals surface area contributed by atoms with E-state index in [2.05, 4.69) is 68.8 Å². The van der Waals surface area contributed by atoms with Crippen molar-refractivity contribution in [2.24, 2.45) is 0 Å². The number of carbonyl (C=O) groups excluding carboxylic acids is 2. The molecule has 1 N–H and O–H groups in total. The maximum Gasteiger partial charge on any atom is 1.00 e. The van der Waals surface area contributed by atoms with Gasteiger partial charge in [-0.2, -0.15) is 0 Å². The summed E-state index contributed by atoms with van der Waals surface area (Å²) in [5, 5.41) is 11.1. The van der Waals surface area contributed by atoms with Gasteiger partial charge in [-0.15, -0.1) is 6.42 Å². The molecule has 0 aliphatic rings. The van der Waals surface area contributed by atoms with Crippen LogP contribution in [0.5, 0.6) is 0 Å². The molecule has 0 aromatic heterocycles. The molecule has 1 atom stereocenters. The molecule has 0 fully saturated rings. The number of unbranched alkanes of at least 4 members (excludes halogenated alkanes) is 11. The van der Waals surface area contributed by atoms with Gasteiger partial charge < -0.3 is 33.5 Å². The first kappa shape index (κ1) is 50.2. The van der Waals surface area contributed by atoms with Crippen LogP contribution >= 0.6 is 19.6 Å². The van der Waals surface area contributed by atoms with Crippen LogP contribution in [0.15, 0.2) is 0 Å². The summed E-state index contributed by atoms with van der Waals surface area (Å²) >= 11 is 0.898. The standard InChI is InChI=1S/C19H39O8P.C12H4OS.2Na.7H2/c1-2-3-4-5-6-7-8-9-10-11-12-13-14-19(21)27-18(15-25-17-20)16-26-28(22,23)24;1-3-4-5-6-7-8-9-10-11-14-12(2)13;;;;;;;;;/h18,20H,2-17H2,1H3,(H2,22,23,24);1H,2H3;;;7*1H/q;;2*+1;;;;;;;/p-2/t18-;;;;;;;;;;/m0........../s1. The number of phosphoric ester groups is 1. The third-order valence-electron chi connectivity index (χ3n) is 5.04. The van der Waals surface area contributed by atoms with Gasteiger partial charge >= 0.3 is 65.1 Å². The van der Waals surface area contributed by atoms with Crippen molar-refractivity contribution in [1.29, 1.82) is 0 Å². The SMILES string of the molecule is C#CC#CC#CC#CC#CSC(C)=O.CCCCCCCCCCCCCCC(=O)O[C@@H](COCO)COP(=O)([O-])[O-].[HH].[HH].[HH].[HH].[HH].[HH].[HH].[Na+].[Na+]. The molecule has 13 heteroatoms. The summed E-state index contributed by atoms with van der Waals surface area (Å²) in [4.78, 5) is 43.2. The number of aliphatic hydroxyl groups is 1. The van der Waals surface area contributed by atoms with Crippen molar-refractivity contribution in [3.63, 3.8) is 0 Å². The first-order valence-electron chi connectivity index (χ1n) is 13.8. The van der Waals surface area contributed by atoms with Crippen LogP contribution in [-0.2, 0) is 28.2 Å². The molecule has 0 aliphatic carbocycles. The second kappa shape index (κ2) is 38.5. The molecule has 9 nitrogen and oxygen atoms in total. The number of terminal acetylenes is 1. The fraction of sp³-hybridized carbons (Fsp3) is 0.613. The van der Waals surface area contributed by atoms with Crippen molar-refractivity contribution in [2.75, 3.05) is 20.0 Å².